The topological polar surface area (TPSA) is 111 Å². The molecule has 1 aliphatic rings. The summed E-state index contributed by atoms with van der Waals surface area (Å²) < 4.78 is 0. The van der Waals surface area contributed by atoms with Crippen molar-refractivity contribution in [1.82, 2.24) is 0 Å². The number of nitrogens with two attached hydrogens (primary N) is 1. The number of nitrogens with one attached hydrogen (secondary N) is 1. The second kappa shape index (κ2) is 9.43. The van der Waals surface area contributed by atoms with Gasteiger partial charge in [-0.1, -0.05) is 41.6 Å². The molecule has 5 N–H and O–H groups in total. The van der Waals surface area contributed by atoms with Crippen LogP contribution in [0.15, 0.2) is 71.9 Å². The van der Waals surface area contributed by atoms with E-state index in [1.54, 1.807) is 12.1 Å². The van der Waals surface area contributed by atoms with Gasteiger partial charge in [-0.2, -0.15) is 0 Å². The van der Waals surface area contributed by atoms with Crippen molar-refractivity contribution in [2.45, 2.75) is 19.3 Å². The highest BCUT2D eigenvalue weighted by Gasteiger charge is 2.18. The Morgan fingerprint density at radius 2 is 1.72 bits per heavy atom. The molecule has 32 heavy (non-hydrogen) atoms. The number of phenolic OH excluding ortho intramolecular Hbond substituents is 1. The quantitative estimate of drug-likeness (QED) is 0.158. The number of hydrogen-bond donors (Lipinski definition) is 4. The summed E-state index contributed by atoms with van der Waals surface area (Å²) in [6, 6.07) is 19.8. The van der Waals surface area contributed by atoms with Crippen molar-refractivity contribution in [3.8, 4) is 16.9 Å². The molecule has 0 saturated carbocycles. The van der Waals surface area contributed by atoms with Crippen LogP contribution >= 0.6 is 0 Å². The van der Waals surface area contributed by atoms with Crippen molar-refractivity contribution in [3.63, 3.8) is 0 Å². The van der Waals surface area contributed by atoms with E-state index in [9.17, 15) is 15.1 Å². The molecule has 0 radical (unpaired) electrons. The van der Waals surface area contributed by atoms with Gasteiger partial charge < -0.3 is 26.3 Å². The Labute approximate surface area is 186 Å². The van der Waals surface area contributed by atoms with Crippen LogP contribution in [0.4, 0.5) is 11.4 Å². The number of amidine groups is 1. The first-order valence-electron chi connectivity index (χ1n) is 10.6. The van der Waals surface area contributed by atoms with Crippen LogP contribution < -0.4 is 16.0 Å². The number of amides is 1. The van der Waals surface area contributed by atoms with Gasteiger partial charge >= 0.3 is 0 Å². The van der Waals surface area contributed by atoms with Crippen LogP contribution in [0.5, 0.6) is 5.75 Å². The standard InChI is InChI=1S/C25H26N4O3/c26-24(28-32)21-16-23(30)20(17-8-3-1-4-9-17)15-22(21)27-25(31)18-10-7-11-19(14-18)29-12-5-2-6-13-29/h1,3-4,7-11,14-16,30,32H,2,5-6,12-13H2,(H2,26,28)(H,27,31). The van der Waals surface area contributed by atoms with E-state index in [0.29, 0.717) is 16.8 Å². The molecule has 7 heteroatoms. The lowest BCUT2D eigenvalue weighted by Crippen LogP contribution is -2.29. The molecule has 0 bridgehead atoms. The number of nitrogens with zero attached hydrogens (tertiary/aromatic N) is 2. The molecule has 0 spiro atoms. The van der Waals surface area contributed by atoms with Crippen LogP contribution in [0.25, 0.3) is 11.1 Å². The monoisotopic (exact) mass is 430 g/mol. The Bertz CT molecular complexity index is 1140. The molecule has 0 atom stereocenters. The minimum absolute atomic E-state index is 0.0390. The van der Waals surface area contributed by atoms with Crippen molar-refractivity contribution in [1.29, 1.82) is 0 Å². The van der Waals surface area contributed by atoms with Gasteiger partial charge in [-0.05, 0) is 55.2 Å². The van der Waals surface area contributed by atoms with Crippen molar-refractivity contribution in [2.75, 3.05) is 23.3 Å². The molecule has 3 aromatic carbocycles. The van der Waals surface area contributed by atoms with Crippen molar-refractivity contribution >= 4 is 23.1 Å². The van der Waals surface area contributed by atoms with E-state index < -0.39 is 0 Å². The summed E-state index contributed by atoms with van der Waals surface area (Å²) in [6.45, 7) is 1.97. The fourth-order valence-corrected chi connectivity index (χ4v) is 4.00. The van der Waals surface area contributed by atoms with Crippen molar-refractivity contribution < 1.29 is 15.1 Å². The number of hydrogen-bond acceptors (Lipinski definition) is 5. The molecule has 1 fully saturated rings. The molecule has 0 unspecified atom stereocenters. The van der Waals surface area contributed by atoms with Crippen molar-refractivity contribution in [3.05, 3.63) is 77.9 Å². The lowest BCUT2D eigenvalue weighted by atomic mass is 10.00. The number of carbonyl (C=O) groups excluding carboxylic acids is 1. The number of rotatable bonds is 5. The number of anilines is 2. The number of carbonyl (C=O) groups is 1. The molecule has 1 heterocycles. The third-order valence-electron chi connectivity index (χ3n) is 5.68. The molecular formula is C25H26N4O3. The minimum Gasteiger partial charge on any atom is -0.507 e. The smallest absolute Gasteiger partial charge is 0.255 e. The highest BCUT2D eigenvalue weighted by atomic mass is 16.4. The number of oxime groups is 1. The molecule has 0 aromatic heterocycles. The van der Waals surface area contributed by atoms with E-state index >= 15 is 0 Å². The molecule has 7 nitrogen and oxygen atoms in total. The first kappa shape index (κ1) is 21.2. The fourth-order valence-electron chi connectivity index (χ4n) is 4.00. The zero-order valence-electron chi connectivity index (χ0n) is 17.7. The van der Waals surface area contributed by atoms with E-state index in [1.807, 2.05) is 48.5 Å². The Hall–Kier alpha value is -4.00. The molecular weight excluding hydrogens is 404 g/mol. The van der Waals surface area contributed by atoms with E-state index in [2.05, 4.69) is 15.4 Å². The highest BCUT2D eigenvalue weighted by molar-refractivity contribution is 6.11. The summed E-state index contributed by atoms with van der Waals surface area (Å²) in [7, 11) is 0. The zero-order valence-corrected chi connectivity index (χ0v) is 17.7. The Morgan fingerprint density at radius 3 is 2.44 bits per heavy atom. The van der Waals surface area contributed by atoms with Gasteiger partial charge in [0.15, 0.2) is 5.84 Å². The van der Waals surface area contributed by atoms with Crippen LogP contribution in [-0.2, 0) is 0 Å². The van der Waals surface area contributed by atoms with Crippen LogP contribution in [-0.4, -0.2) is 35.1 Å². The van der Waals surface area contributed by atoms with Gasteiger partial charge in [0.2, 0.25) is 0 Å². The first-order chi connectivity index (χ1) is 15.6. The van der Waals surface area contributed by atoms with Crippen LogP contribution in [0.2, 0.25) is 0 Å². The van der Waals surface area contributed by atoms with Crippen molar-refractivity contribution in [2.24, 2.45) is 10.9 Å². The summed E-state index contributed by atoms with van der Waals surface area (Å²) in [5, 5.41) is 25.6. The summed E-state index contributed by atoms with van der Waals surface area (Å²) >= 11 is 0. The van der Waals surface area contributed by atoms with Gasteiger partial charge in [0.05, 0.1) is 5.69 Å². The van der Waals surface area contributed by atoms with Crippen LogP contribution in [0.1, 0.15) is 35.2 Å². The van der Waals surface area contributed by atoms with Gasteiger partial charge in [0, 0.05) is 35.5 Å². The second-order valence-electron chi connectivity index (χ2n) is 7.82. The molecule has 0 aliphatic carbocycles. The van der Waals surface area contributed by atoms with Gasteiger partial charge in [0.25, 0.3) is 5.91 Å². The van der Waals surface area contributed by atoms with E-state index in [1.165, 1.54) is 12.5 Å². The average Bonchev–Trinajstić information content (AvgIpc) is 2.85. The number of benzene rings is 3. The zero-order chi connectivity index (χ0) is 22.5. The van der Waals surface area contributed by atoms with E-state index in [4.69, 9.17) is 5.73 Å². The lowest BCUT2D eigenvalue weighted by molar-refractivity contribution is 0.102. The molecule has 1 saturated heterocycles. The average molecular weight is 431 g/mol. The maximum absolute atomic E-state index is 13.1. The summed E-state index contributed by atoms with van der Waals surface area (Å²) in [5.41, 5.74) is 9.21. The molecule has 164 valence electrons. The normalized spacial score (nSPS) is 14.2. The summed E-state index contributed by atoms with van der Waals surface area (Å²) in [6.07, 6.45) is 3.53. The second-order valence-corrected chi connectivity index (χ2v) is 7.82. The Morgan fingerprint density at radius 1 is 0.969 bits per heavy atom. The van der Waals surface area contributed by atoms with Gasteiger partial charge in [-0.25, -0.2) is 0 Å². The maximum atomic E-state index is 13.1. The summed E-state index contributed by atoms with van der Waals surface area (Å²) in [5.74, 6) is -0.569. The van der Waals surface area contributed by atoms with E-state index in [0.717, 1.165) is 37.2 Å². The third kappa shape index (κ3) is 4.51. The molecule has 1 amide bonds. The molecule has 4 rings (SSSR count). The maximum Gasteiger partial charge on any atom is 0.255 e. The van der Waals surface area contributed by atoms with Crippen LogP contribution in [0, 0.1) is 0 Å². The largest absolute Gasteiger partial charge is 0.507 e. The Balaban J connectivity index is 1.67. The SMILES string of the molecule is N/C(=N\O)c1cc(O)c(-c2ccccc2)cc1NC(=O)c1cccc(N2CCCCC2)c1. The molecule has 3 aromatic rings. The predicted molar refractivity (Wildman–Crippen MR) is 127 cm³/mol. The number of piperidine rings is 1. The lowest BCUT2D eigenvalue weighted by Gasteiger charge is -2.29. The van der Waals surface area contributed by atoms with Gasteiger partial charge in [-0.15, -0.1) is 0 Å². The number of aromatic hydroxyl groups is 1. The van der Waals surface area contributed by atoms with Gasteiger partial charge in [-0.3, -0.25) is 4.79 Å². The first-order valence-corrected chi connectivity index (χ1v) is 10.6. The van der Waals surface area contributed by atoms with Gasteiger partial charge in [0.1, 0.15) is 5.75 Å². The molecule has 1 aliphatic heterocycles. The minimum atomic E-state index is -0.319. The number of phenols is 1. The van der Waals surface area contributed by atoms with E-state index in [-0.39, 0.29) is 23.1 Å². The summed E-state index contributed by atoms with van der Waals surface area (Å²) in [4.78, 5) is 15.4. The highest BCUT2D eigenvalue weighted by Crippen LogP contribution is 2.34. The predicted octanol–water partition coefficient (Wildman–Crippen LogP) is 4.40. The van der Waals surface area contributed by atoms with Crippen LogP contribution in [0.3, 0.4) is 0 Å². The Kier molecular flexibility index (Phi) is 6.26. The fraction of sp³-hybridized carbons (Fsp3) is 0.200. The third-order valence-corrected chi connectivity index (χ3v) is 5.68.